The number of rotatable bonds is 6. The van der Waals surface area contributed by atoms with Crippen LogP contribution >= 0.6 is 0 Å². The van der Waals surface area contributed by atoms with E-state index in [-0.39, 0.29) is 10.8 Å². The summed E-state index contributed by atoms with van der Waals surface area (Å²) < 4.78 is 27.3. The predicted molar refractivity (Wildman–Crippen MR) is 95.3 cm³/mol. The van der Waals surface area contributed by atoms with Crippen LogP contribution in [0.5, 0.6) is 0 Å². The Bertz CT molecular complexity index is 682. The van der Waals surface area contributed by atoms with E-state index in [1.165, 1.54) is 10.4 Å². The molecule has 1 heterocycles. The number of piperidine rings is 1. The molecule has 134 valence electrons. The van der Waals surface area contributed by atoms with Gasteiger partial charge in [0.05, 0.1) is 10.9 Å². The number of amides is 1. The van der Waals surface area contributed by atoms with Gasteiger partial charge in [-0.05, 0) is 43.9 Å². The molecule has 1 aliphatic rings. The standard InChI is InChI=1S/C17H27N3O3S/c1-3-7-15(18)17(21)19-14-9-8-13(2)16(12-14)24(22,23)20-10-5-4-6-11-20/h8-9,12,15H,3-7,10-11,18H2,1-2H3,(H,19,21). The van der Waals surface area contributed by atoms with Gasteiger partial charge < -0.3 is 11.1 Å². The van der Waals surface area contributed by atoms with Gasteiger partial charge in [-0.1, -0.05) is 25.8 Å². The molecular formula is C17H27N3O3S. The van der Waals surface area contributed by atoms with Gasteiger partial charge in [-0.3, -0.25) is 4.79 Å². The molecule has 0 radical (unpaired) electrons. The molecule has 1 atom stereocenters. The molecule has 7 heteroatoms. The Morgan fingerprint density at radius 3 is 2.58 bits per heavy atom. The molecule has 1 unspecified atom stereocenters. The summed E-state index contributed by atoms with van der Waals surface area (Å²) in [6.45, 7) is 4.84. The second-order valence-electron chi connectivity index (χ2n) is 6.33. The summed E-state index contributed by atoms with van der Waals surface area (Å²) in [5, 5.41) is 2.72. The fourth-order valence-corrected chi connectivity index (χ4v) is 4.65. The zero-order valence-corrected chi connectivity index (χ0v) is 15.2. The average molecular weight is 353 g/mol. The van der Waals surface area contributed by atoms with E-state index in [1.54, 1.807) is 19.1 Å². The Hall–Kier alpha value is -1.44. The van der Waals surface area contributed by atoms with Gasteiger partial charge in [-0.15, -0.1) is 0 Å². The van der Waals surface area contributed by atoms with Crippen LogP contribution in [0.1, 0.15) is 44.6 Å². The number of nitrogens with one attached hydrogen (secondary N) is 1. The summed E-state index contributed by atoms with van der Waals surface area (Å²) in [4.78, 5) is 12.3. The minimum Gasteiger partial charge on any atom is -0.325 e. The van der Waals surface area contributed by atoms with Gasteiger partial charge in [0.15, 0.2) is 0 Å². The van der Waals surface area contributed by atoms with Crippen LogP contribution in [0.15, 0.2) is 23.1 Å². The normalized spacial score (nSPS) is 17.5. The summed E-state index contributed by atoms with van der Waals surface area (Å²) in [7, 11) is -3.53. The molecule has 1 aromatic rings. The van der Waals surface area contributed by atoms with E-state index >= 15 is 0 Å². The zero-order valence-electron chi connectivity index (χ0n) is 14.4. The third kappa shape index (κ3) is 4.34. The molecule has 1 aromatic carbocycles. The number of hydrogen-bond acceptors (Lipinski definition) is 4. The van der Waals surface area contributed by atoms with Crippen LogP contribution in [-0.4, -0.2) is 37.8 Å². The molecule has 2 rings (SSSR count). The van der Waals surface area contributed by atoms with Crippen molar-refractivity contribution >= 4 is 21.6 Å². The number of nitrogens with two attached hydrogens (primary N) is 1. The first kappa shape index (κ1) is 18.9. The number of benzene rings is 1. The minimum absolute atomic E-state index is 0.256. The highest BCUT2D eigenvalue weighted by molar-refractivity contribution is 7.89. The Morgan fingerprint density at radius 2 is 1.96 bits per heavy atom. The molecule has 0 bridgehead atoms. The summed E-state index contributed by atoms with van der Waals surface area (Å²) in [6, 6.07) is 4.38. The maximum Gasteiger partial charge on any atom is 0.243 e. The van der Waals surface area contributed by atoms with Crippen molar-refractivity contribution in [3.63, 3.8) is 0 Å². The Labute approximate surface area is 144 Å². The zero-order chi connectivity index (χ0) is 17.7. The molecule has 6 nitrogen and oxygen atoms in total. The Kier molecular flexibility index (Phi) is 6.37. The lowest BCUT2D eigenvalue weighted by molar-refractivity contribution is -0.117. The number of sulfonamides is 1. The number of aryl methyl sites for hydroxylation is 1. The number of nitrogens with zero attached hydrogens (tertiary/aromatic N) is 1. The Morgan fingerprint density at radius 1 is 1.29 bits per heavy atom. The van der Waals surface area contributed by atoms with Crippen LogP contribution in [0.25, 0.3) is 0 Å². The van der Waals surface area contributed by atoms with E-state index in [0.29, 0.717) is 30.8 Å². The van der Waals surface area contributed by atoms with Gasteiger partial charge in [0.25, 0.3) is 0 Å². The van der Waals surface area contributed by atoms with Gasteiger partial charge in [0.2, 0.25) is 15.9 Å². The molecule has 3 N–H and O–H groups in total. The third-order valence-electron chi connectivity index (χ3n) is 4.32. The number of hydrogen-bond donors (Lipinski definition) is 2. The monoisotopic (exact) mass is 353 g/mol. The van der Waals surface area contributed by atoms with Crippen molar-refractivity contribution in [2.45, 2.75) is 56.9 Å². The van der Waals surface area contributed by atoms with E-state index in [1.807, 2.05) is 6.92 Å². The van der Waals surface area contributed by atoms with E-state index in [0.717, 1.165) is 25.7 Å². The van der Waals surface area contributed by atoms with Gasteiger partial charge in [0, 0.05) is 18.8 Å². The summed E-state index contributed by atoms with van der Waals surface area (Å²) in [5.41, 5.74) is 6.95. The van der Waals surface area contributed by atoms with Crippen molar-refractivity contribution in [3.05, 3.63) is 23.8 Å². The fraction of sp³-hybridized carbons (Fsp3) is 0.588. The first-order valence-electron chi connectivity index (χ1n) is 8.53. The van der Waals surface area contributed by atoms with Crippen LogP contribution in [0, 0.1) is 6.92 Å². The summed E-state index contributed by atoms with van der Waals surface area (Å²) in [6.07, 6.45) is 4.26. The van der Waals surface area contributed by atoms with Gasteiger partial charge in [0.1, 0.15) is 0 Å². The number of anilines is 1. The lowest BCUT2D eigenvalue weighted by Gasteiger charge is -2.26. The van der Waals surface area contributed by atoms with Gasteiger partial charge >= 0.3 is 0 Å². The van der Waals surface area contributed by atoms with Crippen molar-refractivity contribution in [2.75, 3.05) is 18.4 Å². The highest BCUT2D eigenvalue weighted by Crippen LogP contribution is 2.26. The Balaban J connectivity index is 2.23. The number of carbonyl (C=O) groups excluding carboxylic acids is 1. The molecule has 0 aromatic heterocycles. The van der Waals surface area contributed by atoms with Crippen molar-refractivity contribution in [1.82, 2.24) is 4.31 Å². The van der Waals surface area contributed by atoms with Crippen molar-refractivity contribution in [2.24, 2.45) is 5.73 Å². The molecule has 1 saturated heterocycles. The fourth-order valence-electron chi connectivity index (χ4n) is 2.88. The van der Waals surface area contributed by atoms with Crippen molar-refractivity contribution < 1.29 is 13.2 Å². The van der Waals surface area contributed by atoms with Crippen molar-refractivity contribution in [3.8, 4) is 0 Å². The van der Waals surface area contributed by atoms with Crippen LogP contribution in [0.2, 0.25) is 0 Å². The highest BCUT2D eigenvalue weighted by Gasteiger charge is 2.27. The molecule has 1 fully saturated rings. The van der Waals surface area contributed by atoms with Gasteiger partial charge in [-0.25, -0.2) is 8.42 Å². The van der Waals surface area contributed by atoms with E-state index < -0.39 is 16.1 Å². The molecule has 24 heavy (non-hydrogen) atoms. The smallest absolute Gasteiger partial charge is 0.243 e. The summed E-state index contributed by atoms with van der Waals surface area (Å²) in [5.74, 6) is -0.290. The molecule has 1 amide bonds. The second-order valence-corrected chi connectivity index (χ2v) is 8.24. The van der Waals surface area contributed by atoms with E-state index in [2.05, 4.69) is 5.32 Å². The SMILES string of the molecule is CCCC(N)C(=O)Nc1ccc(C)c(S(=O)(=O)N2CCCCC2)c1. The molecule has 1 aliphatic heterocycles. The molecule has 0 spiro atoms. The van der Waals surface area contributed by atoms with Crippen LogP contribution in [0.4, 0.5) is 5.69 Å². The number of carbonyl (C=O) groups is 1. The lowest BCUT2D eigenvalue weighted by atomic mass is 10.1. The molecule has 0 aliphatic carbocycles. The van der Waals surface area contributed by atoms with Gasteiger partial charge in [-0.2, -0.15) is 4.31 Å². The topological polar surface area (TPSA) is 92.5 Å². The maximum absolute atomic E-state index is 12.9. The second kappa shape index (κ2) is 8.09. The first-order valence-corrected chi connectivity index (χ1v) is 9.97. The molecular weight excluding hydrogens is 326 g/mol. The predicted octanol–water partition coefficient (Wildman–Crippen LogP) is 2.24. The maximum atomic E-state index is 12.9. The molecule has 0 saturated carbocycles. The van der Waals surface area contributed by atoms with Crippen molar-refractivity contribution in [1.29, 1.82) is 0 Å². The third-order valence-corrected chi connectivity index (χ3v) is 6.37. The minimum atomic E-state index is -3.53. The average Bonchev–Trinajstić information content (AvgIpc) is 2.57. The summed E-state index contributed by atoms with van der Waals surface area (Å²) >= 11 is 0. The lowest BCUT2D eigenvalue weighted by Crippen LogP contribution is -2.36. The quantitative estimate of drug-likeness (QED) is 0.820. The highest BCUT2D eigenvalue weighted by atomic mass is 32.2. The van der Waals surface area contributed by atoms with Crippen LogP contribution < -0.4 is 11.1 Å². The van der Waals surface area contributed by atoms with E-state index in [4.69, 9.17) is 5.73 Å². The largest absolute Gasteiger partial charge is 0.325 e. The van der Waals surface area contributed by atoms with Crippen LogP contribution in [0.3, 0.4) is 0 Å². The van der Waals surface area contributed by atoms with E-state index in [9.17, 15) is 13.2 Å². The first-order chi connectivity index (χ1) is 11.4. The van der Waals surface area contributed by atoms with Crippen LogP contribution in [-0.2, 0) is 14.8 Å².